The van der Waals surface area contributed by atoms with Crippen LogP contribution in [-0.4, -0.2) is 38.3 Å². The third-order valence-corrected chi connectivity index (χ3v) is 6.99. The first-order chi connectivity index (χ1) is 14.1. The standard InChI is InChI=1S/C22H28N6O/c1-14-9-10-16-13-18(22(29)23-19(16)15(14)2)20(27-11-5-6-12-27)21-24-25-26-28(21)17-7-3-4-8-17/h9-10,13,17,20H,3-8,11-12H2,1-2H3,(H,23,29)/p+1/t20-/m0/s1. The number of aryl methyl sites for hydroxylation is 2. The number of likely N-dealkylation sites (tertiary alicyclic amines) is 1. The van der Waals surface area contributed by atoms with E-state index in [9.17, 15) is 4.79 Å². The molecule has 2 aliphatic rings. The minimum absolute atomic E-state index is 0.0171. The lowest BCUT2D eigenvalue weighted by molar-refractivity contribution is -0.914. The molecule has 0 unspecified atom stereocenters. The van der Waals surface area contributed by atoms with Crippen LogP contribution in [0.15, 0.2) is 23.0 Å². The number of pyridine rings is 1. The number of H-pyrrole nitrogens is 1. The molecule has 0 bridgehead atoms. The summed E-state index contributed by atoms with van der Waals surface area (Å²) in [7, 11) is 0. The van der Waals surface area contributed by atoms with Gasteiger partial charge in [0.15, 0.2) is 6.04 Å². The number of aromatic nitrogens is 5. The van der Waals surface area contributed by atoms with Gasteiger partial charge in [0.2, 0.25) is 5.82 Å². The fourth-order valence-corrected chi connectivity index (χ4v) is 5.22. The van der Waals surface area contributed by atoms with E-state index in [1.165, 1.54) is 36.1 Å². The smallest absolute Gasteiger partial charge is 0.258 e. The van der Waals surface area contributed by atoms with Crippen molar-refractivity contribution in [3.05, 3.63) is 51.1 Å². The van der Waals surface area contributed by atoms with E-state index in [2.05, 4.69) is 52.6 Å². The van der Waals surface area contributed by atoms with Gasteiger partial charge >= 0.3 is 0 Å². The van der Waals surface area contributed by atoms with Crippen molar-refractivity contribution in [3.63, 3.8) is 0 Å². The predicted octanol–water partition coefficient (Wildman–Crippen LogP) is 2.01. The van der Waals surface area contributed by atoms with Crippen molar-refractivity contribution in [1.82, 2.24) is 25.2 Å². The molecule has 0 radical (unpaired) electrons. The number of tetrazole rings is 1. The molecule has 3 heterocycles. The molecule has 3 aromatic rings. The quantitative estimate of drug-likeness (QED) is 0.711. The number of rotatable bonds is 4. The van der Waals surface area contributed by atoms with E-state index in [1.807, 2.05) is 4.68 Å². The van der Waals surface area contributed by atoms with Gasteiger partial charge in [-0.2, -0.15) is 0 Å². The Morgan fingerprint density at radius 1 is 1.14 bits per heavy atom. The minimum atomic E-state index is -0.122. The molecular weight excluding hydrogens is 364 g/mol. The summed E-state index contributed by atoms with van der Waals surface area (Å²) < 4.78 is 2.02. The summed E-state index contributed by atoms with van der Waals surface area (Å²) in [6, 6.07) is 6.54. The Morgan fingerprint density at radius 2 is 1.90 bits per heavy atom. The largest absolute Gasteiger partial charge is 0.322 e. The molecule has 2 N–H and O–H groups in total. The first kappa shape index (κ1) is 18.5. The molecular formula is C22H29N6O+. The lowest BCUT2D eigenvalue weighted by Gasteiger charge is -2.25. The van der Waals surface area contributed by atoms with Gasteiger partial charge in [-0.15, -0.1) is 5.10 Å². The number of hydrogen-bond acceptors (Lipinski definition) is 4. The second-order valence-corrected chi connectivity index (χ2v) is 8.74. The Balaban J connectivity index is 1.67. The molecule has 1 saturated heterocycles. The first-order valence-corrected chi connectivity index (χ1v) is 10.9. The third kappa shape index (κ3) is 3.17. The van der Waals surface area contributed by atoms with E-state index in [0.29, 0.717) is 6.04 Å². The van der Waals surface area contributed by atoms with Gasteiger partial charge in [0.1, 0.15) is 0 Å². The van der Waals surface area contributed by atoms with Crippen molar-refractivity contribution in [2.45, 2.75) is 64.5 Å². The molecule has 0 amide bonds. The van der Waals surface area contributed by atoms with E-state index >= 15 is 0 Å². The monoisotopic (exact) mass is 393 g/mol. The van der Waals surface area contributed by atoms with Gasteiger partial charge in [-0.1, -0.05) is 25.0 Å². The Kier molecular flexibility index (Phi) is 4.70. The van der Waals surface area contributed by atoms with Gasteiger partial charge in [-0.05, 0) is 59.7 Å². The maximum absolute atomic E-state index is 13.3. The second kappa shape index (κ2) is 7.37. The molecule has 152 valence electrons. The number of aromatic amines is 1. The van der Waals surface area contributed by atoms with E-state index in [-0.39, 0.29) is 11.6 Å². The van der Waals surface area contributed by atoms with Crippen LogP contribution in [0.4, 0.5) is 0 Å². The van der Waals surface area contributed by atoms with Gasteiger partial charge < -0.3 is 9.88 Å². The van der Waals surface area contributed by atoms with Gasteiger partial charge in [0.25, 0.3) is 5.56 Å². The molecule has 2 aromatic heterocycles. The van der Waals surface area contributed by atoms with Crippen molar-refractivity contribution in [3.8, 4) is 0 Å². The Morgan fingerprint density at radius 3 is 2.66 bits per heavy atom. The van der Waals surface area contributed by atoms with Gasteiger partial charge in [0.05, 0.1) is 30.2 Å². The highest BCUT2D eigenvalue weighted by atomic mass is 16.1. The van der Waals surface area contributed by atoms with Crippen molar-refractivity contribution in [1.29, 1.82) is 0 Å². The van der Waals surface area contributed by atoms with Gasteiger partial charge in [-0.3, -0.25) is 4.79 Å². The zero-order valence-corrected chi connectivity index (χ0v) is 17.2. The summed E-state index contributed by atoms with van der Waals surface area (Å²) in [5, 5.41) is 13.9. The molecule has 5 rings (SSSR count). The number of quaternary nitrogens is 1. The predicted molar refractivity (Wildman–Crippen MR) is 111 cm³/mol. The van der Waals surface area contributed by atoms with Crippen LogP contribution in [0.5, 0.6) is 0 Å². The summed E-state index contributed by atoms with van der Waals surface area (Å²) >= 11 is 0. The normalized spacial score (nSPS) is 19.4. The highest BCUT2D eigenvalue weighted by molar-refractivity contribution is 5.83. The van der Waals surface area contributed by atoms with E-state index < -0.39 is 0 Å². The Bertz CT molecular complexity index is 1090. The molecule has 1 atom stereocenters. The second-order valence-electron chi connectivity index (χ2n) is 8.74. The van der Waals surface area contributed by atoms with Crippen molar-refractivity contribution in [2.24, 2.45) is 0 Å². The van der Waals surface area contributed by atoms with E-state index in [0.717, 1.165) is 53.8 Å². The summed E-state index contributed by atoms with van der Waals surface area (Å²) in [6.07, 6.45) is 7.04. The van der Waals surface area contributed by atoms with Crippen LogP contribution in [0.25, 0.3) is 10.9 Å². The fourth-order valence-electron chi connectivity index (χ4n) is 5.22. The zero-order valence-electron chi connectivity index (χ0n) is 17.2. The van der Waals surface area contributed by atoms with E-state index in [1.54, 1.807) is 0 Å². The van der Waals surface area contributed by atoms with Crippen molar-refractivity contribution in [2.75, 3.05) is 13.1 Å². The summed E-state index contributed by atoms with van der Waals surface area (Å²) in [5.74, 6) is 0.850. The number of hydrogen-bond donors (Lipinski definition) is 2. The van der Waals surface area contributed by atoms with Crippen LogP contribution in [0.2, 0.25) is 0 Å². The van der Waals surface area contributed by atoms with Crippen LogP contribution in [0, 0.1) is 13.8 Å². The van der Waals surface area contributed by atoms with Crippen LogP contribution < -0.4 is 10.5 Å². The lowest BCUT2D eigenvalue weighted by atomic mass is 10.00. The minimum Gasteiger partial charge on any atom is -0.322 e. The first-order valence-electron chi connectivity index (χ1n) is 10.9. The maximum atomic E-state index is 13.3. The zero-order chi connectivity index (χ0) is 20.0. The summed E-state index contributed by atoms with van der Waals surface area (Å²) in [6.45, 7) is 6.24. The number of nitrogens with zero attached hydrogens (tertiary/aromatic N) is 4. The van der Waals surface area contributed by atoms with Gasteiger partial charge in [0, 0.05) is 12.8 Å². The number of benzene rings is 1. The topological polar surface area (TPSA) is 80.9 Å². The maximum Gasteiger partial charge on any atom is 0.258 e. The Hall–Kier alpha value is -2.54. The molecule has 0 spiro atoms. The molecule has 29 heavy (non-hydrogen) atoms. The van der Waals surface area contributed by atoms with Crippen LogP contribution in [-0.2, 0) is 0 Å². The van der Waals surface area contributed by atoms with Gasteiger partial charge in [-0.25, -0.2) is 4.68 Å². The Labute approximate surface area is 170 Å². The lowest BCUT2D eigenvalue weighted by Crippen LogP contribution is -3.10. The highest BCUT2D eigenvalue weighted by Crippen LogP contribution is 2.31. The molecule has 1 aromatic carbocycles. The summed E-state index contributed by atoms with van der Waals surface area (Å²) in [5.41, 5.74) is 4.02. The SMILES string of the molecule is Cc1ccc2cc([C@@H](c3nnnn3C3CCCC3)[NH+]3CCCC3)c(=O)[nH]c2c1C. The summed E-state index contributed by atoms with van der Waals surface area (Å²) in [4.78, 5) is 17.8. The third-order valence-electron chi connectivity index (χ3n) is 6.99. The number of nitrogens with one attached hydrogen (secondary N) is 2. The molecule has 1 aliphatic heterocycles. The molecule has 1 aliphatic carbocycles. The fraction of sp³-hybridized carbons (Fsp3) is 0.545. The van der Waals surface area contributed by atoms with Crippen LogP contribution in [0.1, 0.15) is 73.1 Å². The molecule has 1 saturated carbocycles. The van der Waals surface area contributed by atoms with Crippen LogP contribution in [0.3, 0.4) is 0 Å². The molecule has 7 nitrogen and oxygen atoms in total. The van der Waals surface area contributed by atoms with Crippen LogP contribution >= 0.6 is 0 Å². The van der Waals surface area contributed by atoms with Crippen molar-refractivity contribution >= 4 is 10.9 Å². The molecule has 2 fully saturated rings. The average molecular weight is 394 g/mol. The average Bonchev–Trinajstić information content (AvgIpc) is 3.48. The highest BCUT2D eigenvalue weighted by Gasteiger charge is 2.37. The van der Waals surface area contributed by atoms with Crippen molar-refractivity contribution < 1.29 is 4.90 Å². The number of fused-ring (bicyclic) bond motifs is 1. The molecule has 7 heteroatoms. The van der Waals surface area contributed by atoms with E-state index in [4.69, 9.17) is 0 Å².